The van der Waals surface area contributed by atoms with Crippen molar-refractivity contribution in [1.82, 2.24) is 19.8 Å². The maximum absolute atomic E-state index is 12.9. The highest BCUT2D eigenvalue weighted by Gasteiger charge is 2.29. The van der Waals surface area contributed by atoms with Crippen LogP contribution in [0.5, 0.6) is 0 Å². The van der Waals surface area contributed by atoms with Crippen molar-refractivity contribution < 1.29 is 14.4 Å². The Morgan fingerprint density at radius 3 is 2.65 bits per heavy atom. The number of benzene rings is 1. The highest BCUT2D eigenvalue weighted by molar-refractivity contribution is 5.94. The lowest BCUT2D eigenvalue weighted by Gasteiger charge is -2.31. The Labute approximate surface area is 181 Å². The summed E-state index contributed by atoms with van der Waals surface area (Å²) in [6.45, 7) is 3.19. The number of aromatic amines is 1. The molecule has 0 radical (unpaired) electrons. The summed E-state index contributed by atoms with van der Waals surface area (Å²) in [5, 5.41) is 0. The van der Waals surface area contributed by atoms with Crippen LogP contribution in [0.15, 0.2) is 36.8 Å². The normalized spacial score (nSPS) is 15.5. The molecule has 9 nitrogen and oxygen atoms in total. The molecule has 1 fully saturated rings. The molecule has 1 aromatic heterocycles. The smallest absolute Gasteiger partial charge is 0.253 e. The largest absolute Gasteiger partial charge is 0.368 e. The third-order valence-corrected chi connectivity index (χ3v) is 5.64. The van der Waals surface area contributed by atoms with E-state index in [4.69, 9.17) is 11.5 Å². The van der Waals surface area contributed by atoms with Gasteiger partial charge in [-0.1, -0.05) is 19.1 Å². The van der Waals surface area contributed by atoms with Crippen LogP contribution in [0.2, 0.25) is 0 Å². The van der Waals surface area contributed by atoms with E-state index in [-0.39, 0.29) is 37.2 Å². The van der Waals surface area contributed by atoms with E-state index in [1.54, 1.807) is 36.2 Å². The van der Waals surface area contributed by atoms with Crippen LogP contribution in [-0.4, -0.2) is 62.7 Å². The van der Waals surface area contributed by atoms with Gasteiger partial charge in [-0.25, -0.2) is 4.98 Å². The molecular weight excluding hydrogens is 396 g/mol. The Balaban J connectivity index is 1.79. The topological polar surface area (TPSA) is 138 Å². The Bertz CT molecular complexity index is 906. The highest BCUT2D eigenvalue weighted by atomic mass is 16.2. The zero-order valence-corrected chi connectivity index (χ0v) is 17.8. The van der Waals surface area contributed by atoms with Crippen LogP contribution in [-0.2, 0) is 22.6 Å². The van der Waals surface area contributed by atoms with E-state index in [1.165, 1.54) is 11.2 Å². The number of carbonyl (C=O) groups is 3. The number of imidazole rings is 1. The molecule has 1 saturated heterocycles. The van der Waals surface area contributed by atoms with Crippen LogP contribution < -0.4 is 11.5 Å². The van der Waals surface area contributed by atoms with Gasteiger partial charge in [0.1, 0.15) is 6.04 Å². The molecule has 5 N–H and O–H groups in total. The number of carbonyl (C=O) groups excluding carboxylic acids is 3. The number of rotatable bonds is 8. The summed E-state index contributed by atoms with van der Waals surface area (Å²) in [5.74, 6) is -0.840. The van der Waals surface area contributed by atoms with Crippen molar-refractivity contribution in [2.75, 3.05) is 13.1 Å². The van der Waals surface area contributed by atoms with Gasteiger partial charge in [-0.2, -0.15) is 0 Å². The van der Waals surface area contributed by atoms with Crippen molar-refractivity contribution in [2.45, 2.75) is 51.2 Å². The molecule has 1 aliphatic heterocycles. The number of aromatic nitrogens is 2. The van der Waals surface area contributed by atoms with Crippen molar-refractivity contribution in [3.05, 3.63) is 53.6 Å². The third-order valence-electron chi connectivity index (χ3n) is 5.64. The third kappa shape index (κ3) is 5.69. The number of hydrogen-bond acceptors (Lipinski definition) is 5. The van der Waals surface area contributed by atoms with Gasteiger partial charge >= 0.3 is 0 Å². The van der Waals surface area contributed by atoms with Crippen molar-refractivity contribution in [3.63, 3.8) is 0 Å². The van der Waals surface area contributed by atoms with E-state index >= 15 is 0 Å². The van der Waals surface area contributed by atoms with Gasteiger partial charge in [0.25, 0.3) is 5.91 Å². The van der Waals surface area contributed by atoms with E-state index in [0.717, 1.165) is 18.4 Å². The fourth-order valence-electron chi connectivity index (χ4n) is 3.82. The first-order valence-corrected chi connectivity index (χ1v) is 10.6. The number of nitrogens with two attached hydrogens (primary N) is 2. The summed E-state index contributed by atoms with van der Waals surface area (Å²) in [6, 6.07) is 6.48. The van der Waals surface area contributed by atoms with Crippen LogP contribution in [0.1, 0.15) is 47.8 Å². The van der Waals surface area contributed by atoms with Gasteiger partial charge in [0.05, 0.1) is 12.0 Å². The predicted molar refractivity (Wildman–Crippen MR) is 116 cm³/mol. The van der Waals surface area contributed by atoms with Crippen LogP contribution in [0.4, 0.5) is 0 Å². The van der Waals surface area contributed by atoms with Crippen LogP contribution in [0.25, 0.3) is 0 Å². The second-order valence-corrected chi connectivity index (χ2v) is 7.89. The minimum Gasteiger partial charge on any atom is -0.368 e. The second-order valence-electron chi connectivity index (χ2n) is 7.89. The summed E-state index contributed by atoms with van der Waals surface area (Å²) in [5.41, 5.74) is 13.5. The van der Waals surface area contributed by atoms with Gasteiger partial charge in [-0.05, 0) is 30.5 Å². The lowest BCUT2D eigenvalue weighted by Crippen LogP contribution is -2.48. The fraction of sp³-hybridized carbons (Fsp3) is 0.455. The Morgan fingerprint density at radius 2 is 2.03 bits per heavy atom. The Kier molecular flexibility index (Phi) is 7.41. The molecule has 0 unspecified atom stereocenters. The maximum atomic E-state index is 12.9. The number of amides is 3. The molecule has 0 bridgehead atoms. The van der Waals surface area contributed by atoms with E-state index in [1.807, 2.05) is 6.07 Å². The SMILES string of the molecule is CCC(=O)N(Cc1cccc(C(=O)N2CCC(N)CC2)c1)[C@@H](Cc1c[nH]cn1)C(N)=O. The summed E-state index contributed by atoms with van der Waals surface area (Å²) < 4.78 is 0. The van der Waals surface area contributed by atoms with Gasteiger partial charge in [0, 0.05) is 50.3 Å². The number of likely N-dealkylation sites (tertiary alicyclic amines) is 1. The Morgan fingerprint density at radius 1 is 1.29 bits per heavy atom. The zero-order chi connectivity index (χ0) is 22.4. The molecular formula is C22H30N6O3. The lowest BCUT2D eigenvalue weighted by atomic mass is 10.0. The first kappa shape index (κ1) is 22.5. The molecule has 3 rings (SSSR count). The average molecular weight is 427 g/mol. The molecule has 2 heterocycles. The number of hydrogen-bond donors (Lipinski definition) is 3. The number of piperidine rings is 1. The number of H-pyrrole nitrogens is 1. The van der Waals surface area contributed by atoms with E-state index in [2.05, 4.69) is 9.97 Å². The van der Waals surface area contributed by atoms with Gasteiger partial charge in [0.15, 0.2) is 0 Å². The molecule has 2 aromatic rings. The Hall–Kier alpha value is -3.20. The molecule has 0 spiro atoms. The molecule has 0 saturated carbocycles. The highest BCUT2D eigenvalue weighted by Crippen LogP contribution is 2.18. The summed E-state index contributed by atoms with van der Waals surface area (Å²) >= 11 is 0. The molecule has 3 amide bonds. The summed E-state index contributed by atoms with van der Waals surface area (Å²) in [6.07, 6.45) is 5.22. The standard InChI is InChI=1S/C22H30N6O3/c1-2-20(29)28(19(21(24)30)11-18-12-25-14-26-18)13-15-4-3-5-16(10-15)22(31)27-8-6-17(23)7-9-27/h3-5,10,12,14,17,19H,2,6-9,11,13,23H2,1H3,(H2,24,30)(H,25,26)/t19-/m0/s1. The zero-order valence-electron chi connectivity index (χ0n) is 17.8. The fourth-order valence-corrected chi connectivity index (χ4v) is 3.82. The first-order chi connectivity index (χ1) is 14.9. The molecule has 166 valence electrons. The second kappa shape index (κ2) is 10.2. The average Bonchev–Trinajstić information content (AvgIpc) is 3.29. The molecule has 1 aromatic carbocycles. The van der Waals surface area contributed by atoms with Gasteiger partial charge in [-0.3, -0.25) is 14.4 Å². The first-order valence-electron chi connectivity index (χ1n) is 10.6. The van der Waals surface area contributed by atoms with Crippen molar-refractivity contribution >= 4 is 17.7 Å². The predicted octanol–water partition coefficient (Wildman–Crippen LogP) is 0.808. The quantitative estimate of drug-likeness (QED) is 0.573. The molecule has 1 atom stereocenters. The molecule has 0 aliphatic carbocycles. The minimum atomic E-state index is -0.835. The minimum absolute atomic E-state index is 0.0508. The van der Waals surface area contributed by atoms with Crippen molar-refractivity contribution in [3.8, 4) is 0 Å². The van der Waals surface area contributed by atoms with E-state index < -0.39 is 11.9 Å². The van der Waals surface area contributed by atoms with Gasteiger partial charge in [0.2, 0.25) is 11.8 Å². The number of primary amides is 1. The summed E-state index contributed by atoms with van der Waals surface area (Å²) in [7, 11) is 0. The number of nitrogens with zero attached hydrogens (tertiary/aromatic N) is 3. The van der Waals surface area contributed by atoms with Gasteiger partial charge < -0.3 is 26.3 Å². The maximum Gasteiger partial charge on any atom is 0.253 e. The van der Waals surface area contributed by atoms with E-state index in [0.29, 0.717) is 24.3 Å². The summed E-state index contributed by atoms with van der Waals surface area (Å²) in [4.78, 5) is 48.1. The van der Waals surface area contributed by atoms with Crippen LogP contribution in [0, 0.1) is 0 Å². The molecule has 1 aliphatic rings. The van der Waals surface area contributed by atoms with Crippen LogP contribution in [0.3, 0.4) is 0 Å². The van der Waals surface area contributed by atoms with E-state index in [9.17, 15) is 14.4 Å². The van der Waals surface area contributed by atoms with Crippen LogP contribution >= 0.6 is 0 Å². The number of nitrogens with one attached hydrogen (secondary N) is 1. The lowest BCUT2D eigenvalue weighted by molar-refractivity contribution is -0.139. The van der Waals surface area contributed by atoms with Crippen molar-refractivity contribution in [2.24, 2.45) is 11.5 Å². The van der Waals surface area contributed by atoms with Gasteiger partial charge in [-0.15, -0.1) is 0 Å². The molecule has 31 heavy (non-hydrogen) atoms. The molecule has 9 heteroatoms. The monoisotopic (exact) mass is 426 g/mol. The van der Waals surface area contributed by atoms with Crippen molar-refractivity contribution in [1.29, 1.82) is 0 Å².